The first kappa shape index (κ1) is 23.7. The van der Waals surface area contributed by atoms with Gasteiger partial charge in [0.1, 0.15) is 9.49 Å². The Morgan fingerprint density at radius 2 is 1.07 bits per heavy atom. The van der Waals surface area contributed by atoms with Gasteiger partial charge in [-0.15, -0.1) is 0 Å². The van der Waals surface area contributed by atoms with E-state index in [-0.39, 0.29) is 24.0 Å². The standard InChI is InChI=1S/C16H22N8O4S2/c17-21-11(25)9-5-1-3-7-15(9,13(27)23-19)29-30-16(14(28)24-20)8-4-2-6-10(16)12(26)22-18/h1-6H,7-8,17-20H2,(H,21,25)(H,22,26)(H,23,27)(H,24,28). The molecule has 2 rings (SSSR count). The molecule has 0 aromatic carbocycles. The molecule has 12 N–H and O–H groups in total. The van der Waals surface area contributed by atoms with Crippen molar-refractivity contribution in [3.8, 4) is 0 Å². The number of hydrogen-bond donors (Lipinski definition) is 8. The number of rotatable bonds is 7. The number of hydrogen-bond acceptors (Lipinski definition) is 10. The van der Waals surface area contributed by atoms with Crippen molar-refractivity contribution < 1.29 is 19.2 Å². The minimum atomic E-state index is -1.54. The van der Waals surface area contributed by atoms with Crippen molar-refractivity contribution in [2.24, 2.45) is 23.4 Å². The van der Waals surface area contributed by atoms with E-state index < -0.39 is 33.1 Å². The number of carbonyl (C=O) groups excluding carboxylic acids is 4. The summed E-state index contributed by atoms with van der Waals surface area (Å²) in [6.45, 7) is 0. The summed E-state index contributed by atoms with van der Waals surface area (Å²) in [6, 6.07) is 0. The molecule has 4 amide bonds. The summed E-state index contributed by atoms with van der Waals surface area (Å²) in [4.78, 5) is 50.3. The summed E-state index contributed by atoms with van der Waals surface area (Å²) in [6.07, 6.45) is 9.51. The van der Waals surface area contributed by atoms with Crippen molar-refractivity contribution in [3.05, 3.63) is 47.6 Å². The maximum absolute atomic E-state index is 12.8. The van der Waals surface area contributed by atoms with Gasteiger partial charge in [0.2, 0.25) is 0 Å². The molecular formula is C16H22N8O4S2. The van der Waals surface area contributed by atoms with Gasteiger partial charge in [-0.05, 0) is 12.8 Å². The van der Waals surface area contributed by atoms with Crippen LogP contribution >= 0.6 is 21.6 Å². The Bertz CT molecular complexity index is 801. The van der Waals surface area contributed by atoms with Crippen LogP contribution < -0.4 is 45.1 Å². The van der Waals surface area contributed by atoms with Gasteiger partial charge >= 0.3 is 0 Å². The first-order valence-corrected chi connectivity index (χ1v) is 10.6. The average molecular weight is 455 g/mol. The largest absolute Gasteiger partial charge is 0.293 e. The van der Waals surface area contributed by atoms with Crippen molar-refractivity contribution in [2.75, 3.05) is 0 Å². The molecule has 2 unspecified atom stereocenters. The fraction of sp³-hybridized carbons (Fsp3) is 0.250. The van der Waals surface area contributed by atoms with Gasteiger partial charge in [0, 0.05) is 11.1 Å². The number of nitrogens with two attached hydrogens (primary N) is 4. The summed E-state index contributed by atoms with van der Waals surface area (Å²) >= 11 is 0. The van der Waals surface area contributed by atoms with Crippen LogP contribution in [0.25, 0.3) is 0 Å². The summed E-state index contributed by atoms with van der Waals surface area (Å²) in [7, 11) is 1.77. The van der Waals surface area contributed by atoms with Gasteiger partial charge in [-0.1, -0.05) is 58.0 Å². The lowest BCUT2D eigenvalue weighted by Gasteiger charge is -2.38. The number of allylic oxidation sites excluding steroid dienone is 6. The summed E-state index contributed by atoms with van der Waals surface area (Å²) in [5.74, 6) is 18.5. The lowest BCUT2D eigenvalue weighted by Crippen LogP contribution is -2.54. The monoisotopic (exact) mass is 454 g/mol. The minimum Gasteiger partial charge on any atom is -0.293 e. The molecule has 0 heterocycles. The van der Waals surface area contributed by atoms with Crippen LogP contribution in [0.3, 0.4) is 0 Å². The maximum Gasteiger partial charge on any atom is 0.263 e. The van der Waals surface area contributed by atoms with Gasteiger partial charge in [0.15, 0.2) is 0 Å². The highest BCUT2D eigenvalue weighted by Crippen LogP contribution is 2.54. The zero-order valence-corrected chi connectivity index (χ0v) is 17.3. The average Bonchev–Trinajstić information content (AvgIpc) is 2.80. The Hall–Kier alpha value is -2.62. The van der Waals surface area contributed by atoms with E-state index in [9.17, 15) is 19.2 Å². The van der Waals surface area contributed by atoms with Crippen LogP contribution in [0.4, 0.5) is 0 Å². The van der Waals surface area contributed by atoms with Crippen LogP contribution in [0.5, 0.6) is 0 Å². The zero-order valence-electron chi connectivity index (χ0n) is 15.6. The van der Waals surface area contributed by atoms with E-state index in [1.807, 2.05) is 10.9 Å². The van der Waals surface area contributed by atoms with E-state index in [0.717, 1.165) is 21.6 Å². The smallest absolute Gasteiger partial charge is 0.263 e. The van der Waals surface area contributed by atoms with E-state index in [0.29, 0.717) is 0 Å². The van der Waals surface area contributed by atoms with Crippen molar-refractivity contribution in [1.82, 2.24) is 21.7 Å². The second-order valence-electron chi connectivity index (χ2n) is 6.14. The van der Waals surface area contributed by atoms with Gasteiger partial charge in [-0.3, -0.25) is 40.9 Å². The summed E-state index contributed by atoms with van der Waals surface area (Å²) in [5.41, 5.74) is 8.15. The number of hydrazine groups is 4. The Labute approximate surface area is 179 Å². The molecule has 0 saturated carbocycles. The molecule has 0 aliphatic heterocycles. The van der Waals surface area contributed by atoms with Crippen LogP contribution in [0, 0.1) is 0 Å². The van der Waals surface area contributed by atoms with Crippen LogP contribution in [0.15, 0.2) is 47.6 Å². The molecular weight excluding hydrogens is 432 g/mol. The molecule has 0 aromatic rings. The molecule has 0 aromatic heterocycles. The lowest BCUT2D eigenvalue weighted by atomic mass is 9.89. The van der Waals surface area contributed by atoms with E-state index >= 15 is 0 Å². The highest BCUT2D eigenvalue weighted by molar-refractivity contribution is 8.78. The first-order chi connectivity index (χ1) is 14.3. The van der Waals surface area contributed by atoms with Crippen molar-refractivity contribution in [2.45, 2.75) is 22.3 Å². The quantitative estimate of drug-likeness (QED) is 0.0879. The van der Waals surface area contributed by atoms with Gasteiger partial charge in [-0.2, -0.15) is 0 Å². The molecule has 2 atom stereocenters. The molecule has 30 heavy (non-hydrogen) atoms. The van der Waals surface area contributed by atoms with Crippen LogP contribution in [-0.4, -0.2) is 33.1 Å². The molecule has 14 heteroatoms. The number of nitrogens with one attached hydrogen (secondary N) is 4. The highest BCUT2D eigenvalue weighted by atomic mass is 33.1. The Morgan fingerprint density at radius 3 is 1.37 bits per heavy atom. The molecule has 162 valence electrons. The number of carbonyl (C=O) groups is 4. The van der Waals surface area contributed by atoms with E-state index in [2.05, 4.69) is 10.9 Å². The third-order valence-electron chi connectivity index (χ3n) is 4.55. The first-order valence-electron chi connectivity index (χ1n) is 8.48. The van der Waals surface area contributed by atoms with Gasteiger partial charge < -0.3 is 0 Å². The topological polar surface area (TPSA) is 220 Å². The predicted molar refractivity (Wildman–Crippen MR) is 114 cm³/mol. The SMILES string of the molecule is NNC(=O)C1=CC=CCC1(SSC1(C(=O)NN)CC=CC=C1C(=O)NN)C(=O)NN. The molecule has 12 nitrogen and oxygen atoms in total. The summed E-state index contributed by atoms with van der Waals surface area (Å²) < 4.78 is -3.07. The van der Waals surface area contributed by atoms with Gasteiger partial charge in [0.05, 0.1) is 0 Å². The molecule has 0 radical (unpaired) electrons. The van der Waals surface area contributed by atoms with E-state index in [1.165, 1.54) is 12.2 Å². The molecule has 0 fully saturated rings. The lowest BCUT2D eigenvalue weighted by molar-refractivity contribution is -0.125. The fourth-order valence-electron chi connectivity index (χ4n) is 3.00. The number of amides is 4. The predicted octanol–water partition coefficient (Wildman–Crippen LogP) is -2.42. The fourth-order valence-corrected chi connectivity index (χ4v) is 6.64. The molecule has 0 spiro atoms. The second-order valence-corrected chi connectivity index (χ2v) is 8.87. The highest BCUT2D eigenvalue weighted by Gasteiger charge is 2.52. The maximum atomic E-state index is 12.8. The molecule has 0 saturated heterocycles. The van der Waals surface area contributed by atoms with E-state index in [4.69, 9.17) is 23.4 Å². The summed E-state index contributed by atoms with van der Waals surface area (Å²) in [5, 5.41) is 0. The Morgan fingerprint density at radius 1 is 0.700 bits per heavy atom. The molecule has 2 aliphatic rings. The zero-order chi connectivity index (χ0) is 22.4. The Kier molecular flexibility index (Phi) is 7.83. The third kappa shape index (κ3) is 4.14. The van der Waals surface area contributed by atoms with Gasteiger partial charge in [-0.25, -0.2) is 23.4 Å². The van der Waals surface area contributed by atoms with Gasteiger partial charge in [0.25, 0.3) is 23.6 Å². The Balaban J connectivity index is 2.52. The van der Waals surface area contributed by atoms with Crippen LogP contribution in [0.1, 0.15) is 12.8 Å². The van der Waals surface area contributed by atoms with E-state index in [1.54, 1.807) is 24.3 Å². The molecule has 0 bridgehead atoms. The van der Waals surface area contributed by atoms with Crippen LogP contribution in [-0.2, 0) is 19.2 Å². The van der Waals surface area contributed by atoms with Crippen molar-refractivity contribution in [1.29, 1.82) is 0 Å². The van der Waals surface area contributed by atoms with Crippen molar-refractivity contribution in [3.63, 3.8) is 0 Å². The molecule has 2 aliphatic carbocycles. The third-order valence-corrected chi connectivity index (χ3v) is 8.31. The second kappa shape index (κ2) is 9.92. The van der Waals surface area contributed by atoms with Crippen LogP contribution in [0.2, 0.25) is 0 Å². The van der Waals surface area contributed by atoms with Crippen molar-refractivity contribution >= 4 is 45.2 Å². The minimum absolute atomic E-state index is 0.0245. The normalized spacial score (nSPS) is 24.9.